The van der Waals surface area contributed by atoms with Gasteiger partial charge in [0, 0.05) is 13.1 Å². The van der Waals surface area contributed by atoms with Gasteiger partial charge in [0.05, 0.1) is 5.92 Å². The molecule has 1 rings (SSSR count). The molecule has 0 aromatic rings. The van der Waals surface area contributed by atoms with Crippen LogP contribution in [0.15, 0.2) is 0 Å². The number of rotatable bonds is 6. The van der Waals surface area contributed by atoms with Gasteiger partial charge in [-0.25, -0.2) is 0 Å². The van der Waals surface area contributed by atoms with E-state index in [-0.39, 0.29) is 11.8 Å². The van der Waals surface area contributed by atoms with Gasteiger partial charge in [0.2, 0.25) is 5.91 Å². The summed E-state index contributed by atoms with van der Waals surface area (Å²) in [6.45, 7) is 4.99. The molecule has 1 unspecified atom stereocenters. The fraction of sp³-hybridized carbons (Fsp3) is 0.917. The van der Waals surface area contributed by atoms with E-state index in [2.05, 4.69) is 17.6 Å². The van der Waals surface area contributed by atoms with E-state index in [1.807, 2.05) is 0 Å². The first kappa shape index (κ1) is 12.5. The van der Waals surface area contributed by atoms with Gasteiger partial charge in [-0.1, -0.05) is 26.2 Å². The number of carbonyl (C=O) groups excluding carboxylic acids is 1. The molecule has 1 aliphatic rings. The number of hydrogen-bond acceptors (Lipinski definition) is 2. The molecule has 1 aliphatic heterocycles. The quantitative estimate of drug-likeness (QED) is 0.658. The highest BCUT2D eigenvalue weighted by molar-refractivity contribution is 5.78. The molecule has 0 aliphatic carbocycles. The Hall–Kier alpha value is -0.570. The Morgan fingerprint density at radius 3 is 2.93 bits per heavy atom. The lowest BCUT2D eigenvalue weighted by Crippen LogP contribution is -2.40. The molecule has 0 aromatic heterocycles. The Kier molecular flexibility index (Phi) is 6.41. The minimum atomic E-state index is 0.213. The standard InChI is InChI=1S/C12H24N2O/c1-2-3-4-5-9-14-12(15)11-7-6-8-13-10-11/h11,13H,2-10H2,1H3,(H,14,15). The lowest BCUT2D eigenvalue weighted by molar-refractivity contribution is -0.125. The molecule has 1 atom stereocenters. The van der Waals surface area contributed by atoms with Gasteiger partial charge in [0.25, 0.3) is 0 Å². The van der Waals surface area contributed by atoms with Gasteiger partial charge in [-0.3, -0.25) is 4.79 Å². The fourth-order valence-electron chi connectivity index (χ4n) is 1.98. The van der Waals surface area contributed by atoms with Crippen LogP contribution in [0.2, 0.25) is 0 Å². The summed E-state index contributed by atoms with van der Waals surface area (Å²) < 4.78 is 0. The molecule has 0 saturated carbocycles. The van der Waals surface area contributed by atoms with Crippen molar-refractivity contribution < 1.29 is 4.79 Å². The zero-order chi connectivity index (χ0) is 10.9. The zero-order valence-electron chi connectivity index (χ0n) is 9.85. The lowest BCUT2D eigenvalue weighted by atomic mass is 9.99. The fourth-order valence-corrected chi connectivity index (χ4v) is 1.98. The first-order chi connectivity index (χ1) is 7.34. The van der Waals surface area contributed by atoms with Crippen LogP contribution in [0.5, 0.6) is 0 Å². The van der Waals surface area contributed by atoms with Gasteiger partial charge in [0.1, 0.15) is 0 Å². The van der Waals surface area contributed by atoms with E-state index in [1.165, 1.54) is 19.3 Å². The highest BCUT2D eigenvalue weighted by atomic mass is 16.1. The average Bonchev–Trinajstić information content (AvgIpc) is 2.30. The Bertz CT molecular complexity index is 176. The molecule has 1 amide bonds. The summed E-state index contributed by atoms with van der Waals surface area (Å²) in [6, 6.07) is 0. The van der Waals surface area contributed by atoms with E-state index in [0.29, 0.717) is 0 Å². The molecular formula is C12H24N2O. The zero-order valence-corrected chi connectivity index (χ0v) is 9.85. The van der Waals surface area contributed by atoms with Crippen molar-refractivity contribution in [2.24, 2.45) is 5.92 Å². The number of nitrogens with one attached hydrogen (secondary N) is 2. The Labute approximate surface area is 93.0 Å². The van der Waals surface area contributed by atoms with Crippen LogP contribution >= 0.6 is 0 Å². The van der Waals surface area contributed by atoms with Crippen molar-refractivity contribution >= 4 is 5.91 Å². The molecule has 3 heteroatoms. The van der Waals surface area contributed by atoms with Gasteiger partial charge < -0.3 is 10.6 Å². The Balaban J connectivity index is 2.02. The number of unbranched alkanes of at least 4 members (excludes halogenated alkanes) is 3. The largest absolute Gasteiger partial charge is 0.356 e. The van der Waals surface area contributed by atoms with E-state index in [1.54, 1.807) is 0 Å². The molecule has 1 saturated heterocycles. The van der Waals surface area contributed by atoms with Gasteiger partial charge in [-0.2, -0.15) is 0 Å². The number of hydrogen-bond donors (Lipinski definition) is 2. The highest BCUT2D eigenvalue weighted by Crippen LogP contribution is 2.09. The van der Waals surface area contributed by atoms with Crippen LogP contribution in [-0.4, -0.2) is 25.5 Å². The maximum absolute atomic E-state index is 11.7. The molecule has 0 radical (unpaired) electrons. The summed E-state index contributed by atoms with van der Waals surface area (Å²) in [5.41, 5.74) is 0. The maximum atomic E-state index is 11.7. The van der Waals surface area contributed by atoms with E-state index >= 15 is 0 Å². The van der Waals surface area contributed by atoms with Crippen LogP contribution in [0.25, 0.3) is 0 Å². The van der Waals surface area contributed by atoms with Crippen molar-refractivity contribution in [3.63, 3.8) is 0 Å². The van der Waals surface area contributed by atoms with E-state index in [0.717, 1.165) is 38.9 Å². The molecular weight excluding hydrogens is 188 g/mol. The first-order valence-corrected chi connectivity index (χ1v) is 6.33. The average molecular weight is 212 g/mol. The molecule has 0 spiro atoms. The maximum Gasteiger partial charge on any atom is 0.224 e. The van der Waals surface area contributed by atoms with Crippen LogP contribution < -0.4 is 10.6 Å². The molecule has 1 heterocycles. The molecule has 2 N–H and O–H groups in total. The SMILES string of the molecule is CCCCCCNC(=O)C1CCCNC1. The van der Waals surface area contributed by atoms with Crippen molar-refractivity contribution in [1.82, 2.24) is 10.6 Å². The predicted molar refractivity (Wildman–Crippen MR) is 62.7 cm³/mol. The Morgan fingerprint density at radius 1 is 1.40 bits per heavy atom. The van der Waals surface area contributed by atoms with Gasteiger partial charge in [-0.15, -0.1) is 0 Å². The second-order valence-electron chi connectivity index (χ2n) is 4.39. The van der Waals surface area contributed by atoms with E-state index in [4.69, 9.17) is 0 Å². The summed E-state index contributed by atoms with van der Waals surface area (Å²) in [5, 5.41) is 6.30. The van der Waals surface area contributed by atoms with E-state index < -0.39 is 0 Å². The van der Waals surface area contributed by atoms with Gasteiger partial charge >= 0.3 is 0 Å². The minimum absolute atomic E-state index is 0.213. The number of amides is 1. The van der Waals surface area contributed by atoms with E-state index in [9.17, 15) is 4.79 Å². The number of carbonyl (C=O) groups is 1. The second kappa shape index (κ2) is 7.69. The molecule has 0 bridgehead atoms. The molecule has 3 nitrogen and oxygen atoms in total. The van der Waals surface area contributed by atoms with Crippen molar-refractivity contribution in [3.05, 3.63) is 0 Å². The summed E-state index contributed by atoms with van der Waals surface area (Å²) in [7, 11) is 0. The topological polar surface area (TPSA) is 41.1 Å². The van der Waals surface area contributed by atoms with Crippen LogP contribution in [0.1, 0.15) is 45.4 Å². The normalized spacial score (nSPS) is 21.3. The van der Waals surface area contributed by atoms with Crippen molar-refractivity contribution in [1.29, 1.82) is 0 Å². The van der Waals surface area contributed by atoms with Gasteiger partial charge in [-0.05, 0) is 25.8 Å². The van der Waals surface area contributed by atoms with Crippen molar-refractivity contribution in [2.45, 2.75) is 45.4 Å². The molecule has 15 heavy (non-hydrogen) atoms. The first-order valence-electron chi connectivity index (χ1n) is 6.33. The highest BCUT2D eigenvalue weighted by Gasteiger charge is 2.19. The summed E-state index contributed by atoms with van der Waals surface area (Å²) in [5.74, 6) is 0.462. The summed E-state index contributed by atoms with van der Waals surface area (Å²) in [6.07, 6.45) is 7.07. The third-order valence-corrected chi connectivity index (χ3v) is 3.00. The second-order valence-corrected chi connectivity index (χ2v) is 4.39. The lowest BCUT2D eigenvalue weighted by Gasteiger charge is -2.21. The third-order valence-electron chi connectivity index (χ3n) is 3.00. The monoisotopic (exact) mass is 212 g/mol. The molecule has 88 valence electrons. The van der Waals surface area contributed by atoms with Crippen LogP contribution in [0.4, 0.5) is 0 Å². The van der Waals surface area contributed by atoms with Crippen LogP contribution in [0, 0.1) is 5.92 Å². The van der Waals surface area contributed by atoms with Crippen molar-refractivity contribution in [3.8, 4) is 0 Å². The smallest absolute Gasteiger partial charge is 0.224 e. The van der Waals surface area contributed by atoms with Crippen LogP contribution in [-0.2, 0) is 4.79 Å². The van der Waals surface area contributed by atoms with Crippen molar-refractivity contribution in [2.75, 3.05) is 19.6 Å². The predicted octanol–water partition coefficient (Wildman–Crippen LogP) is 1.68. The molecule has 0 aromatic carbocycles. The number of piperidine rings is 1. The molecule has 1 fully saturated rings. The summed E-state index contributed by atoms with van der Waals surface area (Å²) >= 11 is 0. The summed E-state index contributed by atoms with van der Waals surface area (Å²) in [4.78, 5) is 11.7. The third kappa shape index (κ3) is 5.17. The van der Waals surface area contributed by atoms with Crippen LogP contribution in [0.3, 0.4) is 0 Å². The minimum Gasteiger partial charge on any atom is -0.356 e. The Morgan fingerprint density at radius 2 is 2.27 bits per heavy atom. The van der Waals surface area contributed by atoms with Gasteiger partial charge in [0.15, 0.2) is 0 Å².